The Hall–Kier alpha value is -1.71. The van der Waals surface area contributed by atoms with E-state index in [4.69, 9.17) is 0 Å². The highest BCUT2D eigenvalue weighted by molar-refractivity contribution is 8.29. The Morgan fingerprint density at radius 1 is 1.61 bits per heavy atom. The Morgan fingerprint density at radius 2 is 2.33 bits per heavy atom. The average Bonchev–Trinajstić information content (AvgIpc) is 2.68. The second-order valence-corrected chi connectivity index (χ2v) is 6.13. The van der Waals surface area contributed by atoms with Gasteiger partial charge >= 0.3 is 6.09 Å². The molecule has 1 atom stereocenters. The zero-order chi connectivity index (χ0) is 13.3. The number of ether oxygens (including phenoxy) is 1. The van der Waals surface area contributed by atoms with Crippen LogP contribution in [0.25, 0.3) is 11.0 Å². The molecular formula is C9H9N3O4S2. The van der Waals surface area contributed by atoms with Crippen LogP contribution < -0.4 is 5.32 Å². The molecule has 96 valence electrons. The SMILES string of the molecule is COC(=O)Nc1nc2ccc(S(=O)(O)=S)cc2[nH]1. The molecule has 1 amide bonds. The van der Waals surface area contributed by atoms with Gasteiger partial charge in [0.15, 0.2) is 8.77 Å². The van der Waals surface area contributed by atoms with Crippen LogP contribution in [0.2, 0.25) is 0 Å². The van der Waals surface area contributed by atoms with E-state index in [-0.39, 0.29) is 10.8 Å². The third-order valence-electron chi connectivity index (χ3n) is 2.16. The van der Waals surface area contributed by atoms with Crippen LogP contribution in [0.1, 0.15) is 0 Å². The van der Waals surface area contributed by atoms with Gasteiger partial charge in [-0.2, -0.15) is 0 Å². The van der Waals surface area contributed by atoms with Crippen molar-refractivity contribution >= 4 is 43.0 Å². The smallest absolute Gasteiger partial charge is 0.413 e. The highest BCUT2D eigenvalue weighted by Gasteiger charge is 2.10. The first-order valence-electron chi connectivity index (χ1n) is 4.72. The van der Waals surface area contributed by atoms with E-state index < -0.39 is 14.9 Å². The van der Waals surface area contributed by atoms with Crippen LogP contribution in [0.5, 0.6) is 0 Å². The lowest BCUT2D eigenvalue weighted by atomic mass is 10.3. The lowest BCUT2D eigenvalue weighted by Crippen LogP contribution is -2.11. The van der Waals surface area contributed by atoms with E-state index in [2.05, 4.69) is 31.2 Å². The average molecular weight is 287 g/mol. The number of nitrogens with zero attached hydrogens (tertiary/aromatic N) is 1. The van der Waals surface area contributed by atoms with Gasteiger partial charge in [-0.3, -0.25) is 5.32 Å². The highest BCUT2D eigenvalue weighted by Crippen LogP contribution is 2.19. The molecule has 7 nitrogen and oxygen atoms in total. The molecule has 0 aliphatic rings. The third-order valence-corrected chi connectivity index (χ3v) is 3.58. The Morgan fingerprint density at radius 3 is 2.94 bits per heavy atom. The second-order valence-electron chi connectivity index (χ2n) is 3.36. The first kappa shape index (κ1) is 12.7. The molecule has 0 spiro atoms. The van der Waals surface area contributed by atoms with Crippen LogP contribution in [0.15, 0.2) is 23.1 Å². The number of aromatic amines is 1. The number of nitrogens with one attached hydrogen (secondary N) is 2. The summed E-state index contributed by atoms with van der Waals surface area (Å²) in [4.78, 5) is 17.9. The number of H-pyrrole nitrogens is 1. The summed E-state index contributed by atoms with van der Waals surface area (Å²) in [5.41, 5.74) is 1.02. The van der Waals surface area contributed by atoms with E-state index in [1.807, 2.05) is 0 Å². The predicted molar refractivity (Wildman–Crippen MR) is 68.5 cm³/mol. The minimum Gasteiger partial charge on any atom is -0.453 e. The zero-order valence-corrected chi connectivity index (χ0v) is 10.8. The maximum atomic E-state index is 11.3. The van der Waals surface area contributed by atoms with Crippen molar-refractivity contribution in [1.82, 2.24) is 9.97 Å². The minimum absolute atomic E-state index is 0.110. The molecule has 0 aliphatic heterocycles. The number of imidazole rings is 1. The quantitative estimate of drug-likeness (QED) is 0.769. The maximum absolute atomic E-state index is 11.3. The summed E-state index contributed by atoms with van der Waals surface area (Å²) in [6.07, 6.45) is -0.663. The van der Waals surface area contributed by atoms with Crippen molar-refractivity contribution in [2.45, 2.75) is 4.90 Å². The monoisotopic (exact) mass is 287 g/mol. The van der Waals surface area contributed by atoms with Gasteiger partial charge in [-0.15, -0.1) is 0 Å². The van der Waals surface area contributed by atoms with Crippen LogP contribution in [0.3, 0.4) is 0 Å². The molecule has 0 fully saturated rings. The van der Waals surface area contributed by atoms with E-state index >= 15 is 0 Å². The Balaban J connectivity index is 2.43. The predicted octanol–water partition coefficient (Wildman–Crippen LogP) is 1.32. The molecule has 3 N–H and O–H groups in total. The van der Waals surface area contributed by atoms with Crippen molar-refractivity contribution in [2.75, 3.05) is 12.4 Å². The van der Waals surface area contributed by atoms with E-state index in [0.29, 0.717) is 11.0 Å². The van der Waals surface area contributed by atoms with Crippen LogP contribution in [0.4, 0.5) is 10.7 Å². The fourth-order valence-corrected chi connectivity index (χ4v) is 2.17. The summed E-state index contributed by atoms with van der Waals surface area (Å²) in [6.45, 7) is 0. The van der Waals surface area contributed by atoms with Gasteiger partial charge in [-0.05, 0) is 18.2 Å². The molecule has 0 bridgehead atoms. The number of hydrogen-bond acceptors (Lipinski definition) is 5. The molecule has 1 heterocycles. The van der Waals surface area contributed by atoms with E-state index in [1.54, 1.807) is 0 Å². The summed E-state index contributed by atoms with van der Waals surface area (Å²) in [5, 5.41) is 2.35. The number of aromatic nitrogens is 2. The lowest BCUT2D eigenvalue weighted by molar-refractivity contribution is 0.186. The standard InChI is InChI=1S/C9H9N3O4S2/c1-16-9(13)12-8-10-6-3-2-5(18(14,15)17)4-7(6)11-8/h2-4H,1H3,(H,14,15,17)(H2,10,11,12,13). The topological polar surface area (TPSA) is 104 Å². The van der Waals surface area contributed by atoms with Gasteiger partial charge in [0.05, 0.1) is 23.0 Å². The first-order chi connectivity index (χ1) is 8.40. The molecule has 1 unspecified atom stereocenters. The molecule has 9 heteroatoms. The first-order valence-corrected chi connectivity index (χ1v) is 7.16. The van der Waals surface area contributed by atoms with Crippen molar-refractivity contribution in [1.29, 1.82) is 0 Å². The minimum atomic E-state index is -3.44. The van der Waals surface area contributed by atoms with Gasteiger partial charge in [0.1, 0.15) is 0 Å². The summed E-state index contributed by atoms with van der Waals surface area (Å²) in [6, 6.07) is 4.37. The van der Waals surface area contributed by atoms with E-state index in [1.165, 1.54) is 25.3 Å². The molecule has 2 rings (SSSR count). The molecule has 0 saturated heterocycles. The molecule has 18 heavy (non-hydrogen) atoms. The largest absolute Gasteiger partial charge is 0.453 e. The number of carbonyl (C=O) groups excluding carboxylic acids is 1. The third kappa shape index (κ3) is 2.58. The van der Waals surface area contributed by atoms with Crippen molar-refractivity contribution in [3.8, 4) is 0 Å². The molecule has 1 aromatic heterocycles. The summed E-state index contributed by atoms with van der Waals surface area (Å²) in [5.74, 6) is 0.183. The number of benzene rings is 1. The van der Waals surface area contributed by atoms with Gasteiger partial charge in [-0.1, -0.05) is 0 Å². The Labute approximate surface area is 107 Å². The van der Waals surface area contributed by atoms with E-state index in [0.717, 1.165) is 0 Å². The molecule has 0 radical (unpaired) electrons. The van der Waals surface area contributed by atoms with Gasteiger partial charge in [-0.25, -0.2) is 14.0 Å². The van der Waals surface area contributed by atoms with Crippen LogP contribution in [-0.2, 0) is 24.7 Å². The highest BCUT2D eigenvalue weighted by atomic mass is 32.8. The van der Waals surface area contributed by atoms with Crippen LogP contribution in [-0.4, -0.2) is 31.9 Å². The number of fused-ring (bicyclic) bond motifs is 1. The summed E-state index contributed by atoms with van der Waals surface area (Å²) >= 11 is 4.47. The number of carbonyl (C=O) groups is 1. The van der Waals surface area contributed by atoms with Crippen molar-refractivity contribution < 1.29 is 18.3 Å². The number of rotatable bonds is 2. The number of methoxy groups -OCH3 is 1. The summed E-state index contributed by atoms with van der Waals surface area (Å²) in [7, 11) is -2.21. The van der Waals surface area contributed by atoms with E-state index in [9.17, 15) is 13.6 Å². The molecular weight excluding hydrogens is 278 g/mol. The number of anilines is 1. The normalized spacial score (nSPS) is 14.1. The van der Waals surface area contributed by atoms with Gasteiger partial charge < -0.3 is 14.3 Å². The Bertz CT molecular complexity index is 708. The van der Waals surface area contributed by atoms with Crippen molar-refractivity contribution in [3.63, 3.8) is 0 Å². The van der Waals surface area contributed by atoms with Gasteiger partial charge in [0, 0.05) is 11.2 Å². The number of hydrogen-bond donors (Lipinski definition) is 3. The van der Waals surface area contributed by atoms with Crippen LogP contribution in [0, 0.1) is 0 Å². The maximum Gasteiger partial charge on any atom is 0.413 e. The molecule has 1 aromatic carbocycles. The fraction of sp³-hybridized carbons (Fsp3) is 0.111. The number of amides is 1. The molecule has 0 saturated carbocycles. The Kier molecular flexibility index (Phi) is 3.20. The summed E-state index contributed by atoms with van der Waals surface area (Å²) < 4.78 is 25.0. The van der Waals surface area contributed by atoms with Gasteiger partial charge in [0.2, 0.25) is 5.95 Å². The van der Waals surface area contributed by atoms with Crippen LogP contribution >= 0.6 is 0 Å². The zero-order valence-electron chi connectivity index (χ0n) is 9.17. The van der Waals surface area contributed by atoms with Gasteiger partial charge in [0.25, 0.3) is 0 Å². The lowest BCUT2D eigenvalue weighted by Gasteiger charge is -1.98. The fourth-order valence-electron chi connectivity index (χ4n) is 1.36. The molecule has 2 aromatic rings. The van der Waals surface area contributed by atoms with Crippen molar-refractivity contribution in [2.24, 2.45) is 0 Å². The molecule has 0 aliphatic carbocycles. The second kappa shape index (κ2) is 4.52. The van der Waals surface area contributed by atoms with Crippen molar-refractivity contribution in [3.05, 3.63) is 18.2 Å².